The molecule has 4 heteroatoms. The Kier molecular flexibility index (Phi) is 5.32. The molecule has 0 aliphatic heterocycles. The van der Waals surface area contributed by atoms with Gasteiger partial charge in [0.25, 0.3) is 0 Å². The summed E-state index contributed by atoms with van der Waals surface area (Å²) in [6, 6.07) is 5.49. The van der Waals surface area contributed by atoms with Crippen molar-refractivity contribution in [2.45, 2.75) is 6.54 Å². The van der Waals surface area contributed by atoms with Crippen LogP contribution in [0.5, 0.6) is 0 Å². The summed E-state index contributed by atoms with van der Waals surface area (Å²) in [4.78, 5) is 2.07. The second kappa shape index (κ2) is 6.53. The van der Waals surface area contributed by atoms with Crippen LogP contribution in [0, 0.1) is 0 Å². The van der Waals surface area contributed by atoms with Crippen molar-refractivity contribution in [2.24, 2.45) is 0 Å². The Balaban J connectivity index is 2.71. The van der Waals surface area contributed by atoms with Gasteiger partial charge in [-0.2, -0.15) is 0 Å². The number of halogens is 1. The van der Waals surface area contributed by atoms with Gasteiger partial charge in [0.05, 0.1) is 6.61 Å². The zero-order valence-electron chi connectivity index (χ0n) is 9.19. The fraction of sp³-hybridized carbons (Fsp3) is 0.333. The molecule has 0 fully saturated rings. The summed E-state index contributed by atoms with van der Waals surface area (Å²) < 4.78 is 0. The zero-order chi connectivity index (χ0) is 12.0. The number of nitrogens with two attached hydrogens (primary N) is 1. The number of benzene rings is 1. The summed E-state index contributed by atoms with van der Waals surface area (Å²) in [5, 5.41) is 9.56. The first-order valence-corrected chi connectivity index (χ1v) is 5.52. The molecule has 0 saturated carbocycles. The molecule has 1 aromatic carbocycles. The van der Waals surface area contributed by atoms with Crippen molar-refractivity contribution in [3.05, 3.63) is 41.4 Å². The molecule has 1 aromatic rings. The maximum atomic E-state index is 8.92. The molecule has 1 rings (SSSR count). The number of hydrogen-bond donors (Lipinski definition) is 2. The van der Waals surface area contributed by atoms with E-state index in [-0.39, 0.29) is 6.61 Å². The highest BCUT2D eigenvalue weighted by Crippen LogP contribution is 2.17. The molecule has 0 aliphatic rings. The fourth-order valence-electron chi connectivity index (χ4n) is 1.58. The topological polar surface area (TPSA) is 49.5 Å². The van der Waals surface area contributed by atoms with E-state index in [1.165, 1.54) is 0 Å². The van der Waals surface area contributed by atoms with Gasteiger partial charge >= 0.3 is 0 Å². The molecule has 16 heavy (non-hydrogen) atoms. The molecule has 0 saturated heterocycles. The van der Waals surface area contributed by atoms with E-state index in [0.29, 0.717) is 23.8 Å². The minimum absolute atomic E-state index is 0.129. The van der Waals surface area contributed by atoms with E-state index in [0.717, 1.165) is 12.1 Å². The van der Waals surface area contributed by atoms with Crippen LogP contribution < -0.4 is 5.73 Å². The first-order valence-electron chi connectivity index (χ1n) is 5.14. The standard InChI is InChI=1S/C12H17ClN2O/c1-2-3-15(4-5-16)9-10-6-11(13)8-12(14)7-10/h2,6-8,16H,1,3-5,9,14H2. The second-order valence-corrected chi connectivity index (χ2v) is 4.08. The minimum atomic E-state index is 0.129. The van der Waals surface area contributed by atoms with E-state index < -0.39 is 0 Å². The molecule has 0 aromatic heterocycles. The number of aliphatic hydroxyl groups excluding tert-OH is 1. The summed E-state index contributed by atoms with van der Waals surface area (Å²) in [5.41, 5.74) is 7.41. The van der Waals surface area contributed by atoms with Crippen LogP contribution in [0.25, 0.3) is 0 Å². The fourth-order valence-corrected chi connectivity index (χ4v) is 1.85. The van der Waals surface area contributed by atoms with Crippen molar-refractivity contribution < 1.29 is 5.11 Å². The van der Waals surface area contributed by atoms with Crippen molar-refractivity contribution in [3.8, 4) is 0 Å². The summed E-state index contributed by atoms with van der Waals surface area (Å²) in [5.74, 6) is 0. The summed E-state index contributed by atoms with van der Waals surface area (Å²) >= 11 is 5.92. The molecule has 0 spiro atoms. The first-order chi connectivity index (χ1) is 7.65. The van der Waals surface area contributed by atoms with Crippen LogP contribution in [0.3, 0.4) is 0 Å². The third-order valence-corrected chi connectivity index (χ3v) is 2.41. The van der Waals surface area contributed by atoms with Gasteiger partial charge in [-0.05, 0) is 23.8 Å². The first kappa shape index (κ1) is 13.0. The molecule has 88 valence electrons. The van der Waals surface area contributed by atoms with Crippen LogP contribution >= 0.6 is 11.6 Å². The highest BCUT2D eigenvalue weighted by molar-refractivity contribution is 6.30. The van der Waals surface area contributed by atoms with Gasteiger partial charge in [0.1, 0.15) is 0 Å². The SMILES string of the molecule is C=CCN(CCO)Cc1cc(N)cc(Cl)c1. The maximum absolute atomic E-state index is 8.92. The van der Waals surface area contributed by atoms with Crippen LogP contribution in [0.2, 0.25) is 5.02 Å². The van der Waals surface area contributed by atoms with Gasteiger partial charge < -0.3 is 10.8 Å². The van der Waals surface area contributed by atoms with E-state index in [2.05, 4.69) is 11.5 Å². The highest BCUT2D eigenvalue weighted by Gasteiger charge is 2.05. The molecular formula is C12H17ClN2O. The normalized spacial score (nSPS) is 10.7. The molecular weight excluding hydrogens is 224 g/mol. The zero-order valence-corrected chi connectivity index (χ0v) is 9.95. The van der Waals surface area contributed by atoms with Gasteiger partial charge in [0.2, 0.25) is 0 Å². The third kappa shape index (κ3) is 4.23. The quantitative estimate of drug-likeness (QED) is 0.590. The largest absolute Gasteiger partial charge is 0.399 e. The van der Waals surface area contributed by atoms with Crippen molar-refractivity contribution in [3.63, 3.8) is 0 Å². The Hall–Kier alpha value is -1.03. The Morgan fingerprint density at radius 1 is 1.44 bits per heavy atom. The maximum Gasteiger partial charge on any atom is 0.0558 e. The van der Waals surface area contributed by atoms with E-state index in [1.54, 1.807) is 6.07 Å². The van der Waals surface area contributed by atoms with Crippen LogP contribution in [0.4, 0.5) is 5.69 Å². The van der Waals surface area contributed by atoms with Crippen molar-refractivity contribution in [2.75, 3.05) is 25.4 Å². The summed E-state index contributed by atoms with van der Waals surface area (Å²) in [6.07, 6.45) is 1.81. The summed E-state index contributed by atoms with van der Waals surface area (Å²) in [7, 11) is 0. The predicted octanol–water partition coefficient (Wildman–Crippen LogP) is 1.90. The van der Waals surface area contributed by atoms with Crippen molar-refractivity contribution in [1.29, 1.82) is 0 Å². The molecule has 0 bridgehead atoms. The van der Waals surface area contributed by atoms with Crippen LogP contribution in [-0.2, 0) is 6.54 Å². The Labute approximate surface area is 101 Å². The van der Waals surface area contributed by atoms with Crippen molar-refractivity contribution in [1.82, 2.24) is 4.90 Å². The number of anilines is 1. The van der Waals surface area contributed by atoms with Crippen LogP contribution in [0.15, 0.2) is 30.9 Å². The predicted molar refractivity (Wildman–Crippen MR) is 68.4 cm³/mol. The second-order valence-electron chi connectivity index (χ2n) is 3.64. The van der Waals surface area contributed by atoms with Crippen LogP contribution in [0.1, 0.15) is 5.56 Å². The van der Waals surface area contributed by atoms with Gasteiger partial charge in [-0.15, -0.1) is 6.58 Å². The van der Waals surface area contributed by atoms with Gasteiger partial charge in [-0.1, -0.05) is 17.7 Å². The average molecular weight is 241 g/mol. The lowest BCUT2D eigenvalue weighted by Gasteiger charge is -2.19. The van der Waals surface area contributed by atoms with Gasteiger partial charge in [0, 0.05) is 30.3 Å². The number of aliphatic hydroxyl groups is 1. The van der Waals surface area contributed by atoms with E-state index >= 15 is 0 Å². The molecule has 3 nitrogen and oxygen atoms in total. The molecule has 0 heterocycles. The Morgan fingerprint density at radius 2 is 2.19 bits per heavy atom. The lowest BCUT2D eigenvalue weighted by atomic mass is 10.2. The third-order valence-electron chi connectivity index (χ3n) is 2.19. The summed E-state index contributed by atoms with van der Waals surface area (Å²) in [6.45, 7) is 5.86. The van der Waals surface area contributed by atoms with Gasteiger partial charge in [-0.3, -0.25) is 4.90 Å². The number of nitrogen functional groups attached to an aromatic ring is 1. The molecule has 0 unspecified atom stereocenters. The minimum Gasteiger partial charge on any atom is -0.399 e. The molecule has 0 amide bonds. The van der Waals surface area contributed by atoms with Crippen molar-refractivity contribution >= 4 is 17.3 Å². The van der Waals surface area contributed by atoms with E-state index in [1.807, 2.05) is 18.2 Å². The molecule has 0 aliphatic carbocycles. The van der Waals surface area contributed by atoms with E-state index in [9.17, 15) is 0 Å². The monoisotopic (exact) mass is 240 g/mol. The number of hydrogen-bond acceptors (Lipinski definition) is 3. The van der Waals surface area contributed by atoms with Gasteiger partial charge in [-0.25, -0.2) is 0 Å². The number of rotatable bonds is 6. The molecule has 0 atom stereocenters. The Bertz CT molecular complexity index is 335. The van der Waals surface area contributed by atoms with Gasteiger partial charge in [0.15, 0.2) is 0 Å². The average Bonchev–Trinajstić information content (AvgIpc) is 2.16. The smallest absolute Gasteiger partial charge is 0.0558 e. The van der Waals surface area contributed by atoms with E-state index in [4.69, 9.17) is 22.4 Å². The van der Waals surface area contributed by atoms with Crippen LogP contribution in [-0.4, -0.2) is 29.7 Å². The lowest BCUT2D eigenvalue weighted by molar-refractivity contribution is 0.203. The number of nitrogens with zero attached hydrogens (tertiary/aromatic N) is 1. The molecule has 3 N–H and O–H groups in total. The highest BCUT2D eigenvalue weighted by atomic mass is 35.5. The Morgan fingerprint density at radius 3 is 2.75 bits per heavy atom. The molecule has 0 radical (unpaired) electrons. The lowest BCUT2D eigenvalue weighted by Crippen LogP contribution is -2.26.